The Kier molecular flexibility index (Phi) is 3.56. The van der Waals surface area contributed by atoms with Crippen molar-refractivity contribution in [3.8, 4) is 0 Å². The number of nitrogens with zero attached hydrogens (tertiary/aromatic N) is 3. The van der Waals surface area contributed by atoms with Crippen LogP contribution in [0, 0.1) is 5.82 Å². The van der Waals surface area contributed by atoms with Crippen LogP contribution >= 0.6 is 11.6 Å². The monoisotopic (exact) mass is 245 g/mol. The van der Waals surface area contributed by atoms with E-state index < -0.39 is 5.82 Å². The molecular weight excluding hydrogens is 233 g/mol. The number of aliphatic hydroxyl groups is 1. The molecule has 0 aromatic carbocycles. The molecule has 1 aromatic heterocycles. The van der Waals surface area contributed by atoms with Gasteiger partial charge in [0.1, 0.15) is 0 Å². The Labute approximate surface area is 98.1 Å². The summed E-state index contributed by atoms with van der Waals surface area (Å²) in [4.78, 5) is 9.23. The van der Waals surface area contributed by atoms with Crippen LogP contribution in [-0.4, -0.2) is 34.3 Å². The quantitative estimate of drug-likeness (QED) is 0.819. The second-order valence-electron chi connectivity index (χ2n) is 3.81. The van der Waals surface area contributed by atoms with E-state index in [1.807, 2.05) is 0 Å². The van der Waals surface area contributed by atoms with Crippen LogP contribution in [0.1, 0.15) is 19.3 Å². The molecule has 6 heteroatoms. The normalized spacial score (nSPS) is 15.9. The highest BCUT2D eigenvalue weighted by molar-refractivity contribution is 6.28. The van der Waals surface area contributed by atoms with Gasteiger partial charge in [0.15, 0.2) is 11.6 Å². The molecule has 1 heterocycles. The number of anilines is 1. The molecule has 0 amide bonds. The fraction of sp³-hybridized carbons (Fsp3) is 0.600. The maximum absolute atomic E-state index is 13.6. The second-order valence-corrected chi connectivity index (χ2v) is 4.15. The molecule has 1 aromatic rings. The molecular formula is C10H13ClFN3O. The lowest BCUT2D eigenvalue weighted by atomic mass is 9.91. The van der Waals surface area contributed by atoms with E-state index in [0.717, 1.165) is 25.5 Å². The summed E-state index contributed by atoms with van der Waals surface area (Å²) in [6.45, 7) is 0.340. The predicted molar refractivity (Wildman–Crippen MR) is 59.1 cm³/mol. The van der Waals surface area contributed by atoms with Crippen molar-refractivity contribution < 1.29 is 9.50 Å². The molecule has 0 saturated heterocycles. The van der Waals surface area contributed by atoms with Gasteiger partial charge in [-0.3, -0.25) is 0 Å². The number of halogens is 2. The molecule has 4 nitrogen and oxygen atoms in total. The third-order valence-corrected chi connectivity index (χ3v) is 3.01. The maximum atomic E-state index is 13.6. The Hall–Kier alpha value is -0.940. The average molecular weight is 246 g/mol. The van der Waals surface area contributed by atoms with Crippen molar-refractivity contribution in [2.45, 2.75) is 25.3 Å². The minimum Gasteiger partial charge on any atom is -0.395 e. The van der Waals surface area contributed by atoms with Crippen LogP contribution in [-0.2, 0) is 0 Å². The highest BCUT2D eigenvalue weighted by Crippen LogP contribution is 2.29. The van der Waals surface area contributed by atoms with E-state index in [0.29, 0.717) is 6.54 Å². The third-order valence-electron chi connectivity index (χ3n) is 2.82. The molecule has 0 atom stereocenters. The molecule has 1 fully saturated rings. The van der Waals surface area contributed by atoms with Gasteiger partial charge < -0.3 is 10.0 Å². The molecule has 0 bridgehead atoms. The lowest BCUT2D eigenvalue weighted by molar-refractivity contribution is 0.282. The third kappa shape index (κ3) is 2.25. The number of hydrogen-bond acceptors (Lipinski definition) is 4. The lowest BCUT2D eigenvalue weighted by Crippen LogP contribution is -2.43. The van der Waals surface area contributed by atoms with Gasteiger partial charge in [-0.05, 0) is 30.9 Å². The molecule has 0 aliphatic heterocycles. The van der Waals surface area contributed by atoms with E-state index in [4.69, 9.17) is 16.7 Å². The Morgan fingerprint density at radius 3 is 2.88 bits per heavy atom. The molecule has 1 aliphatic carbocycles. The van der Waals surface area contributed by atoms with Gasteiger partial charge in [0.2, 0.25) is 5.28 Å². The minimum atomic E-state index is -0.496. The second kappa shape index (κ2) is 4.93. The van der Waals surface area contributed by atoms with Crippen LogP contribution in [0.2, 0.25) is 5.28 Å². The van der Waals surface area contributed by atoms with Crippen LogP contribution in [0.15, 0.2) is 6.20 Å². The smallest absolute Gasteiger partial charge is 0.224 e. The summed E-state index contributed by atoms with van der Waals surface area (Å²) in [5.41, 5.74) is 0. The summed E-state index contributed by atoms with van der Waals surface area (Å²) in [5, 5.41) is 9.01. The van der Waals surface area contributed by atoms with E-state index in [9.17, 15) is 4.39 Å². The molecule has 1 saturated carbocycles. The Balaban J connectivity index is 2.25. The summed E-state index contributed by atoms with van der Waals surface area (Å²) in [7, 11) is 0. The van der Waals surface area contributed by atoms with Crippen molar-refractivity contribution in [1.82, 2.24) is 9.97 Å². The van der Waals surface area contributed by atoms with Gasteiger partial charge in [-0.2, -0.15) is 4.98 Å². The molecule has 1 N–H and O–H groups in total. The number of rotatable bonds is 4. The van der Waals surface area contributed by atoms with Crippen LogP contribution in [0.4, 0.5) is 10.2 Å². The highest BCUT2D eigenvalue weighted by atomic mass is 35.5. The summed E-state index contributed by atoms with van der Waals surface area (Å²) in [5.74, 6) is -0.302. The predicted octanol–water partition coefficient (Wildman–Crippen LogP) is 1.62. The van der Waals surface area contributed by atoms with Crippen LogP contribution < -0.4 is 4.90 Å². The van der Waals surface area contributed by atoms with Crippen LogP contribution in [0.3, 0.4) is 0 Å². The van der Waals surface area contributed by atoms with Crippen molar-refractivity contribution in [2.75, 3.05) is 18.1 Å². The van der Waals surface area contributed by atoms with Gasteiger partial charge in [-0.15, -0.1) is 0 Å². The summed E-state index contributed by atoms with van der Waals surface area (Å²) < 4.78 is 13.6. The summed E-state index contributed by atoms with van der Waals surface area (Å²) in [6, 6.07) is 0.257. The first-order chi connectivity index (χ1) is 7.72. The van der Waals surface area contributed by atoms with Gasteiger partial charge in [-0.25, -0.2) is 9.37 Å². The zero-order valence-electron chi connectivity index (χ0n) is 8.74. The summed E-state index contributed by atoms with van der Waals surface area (Å²) in [6.07, 6.45) is 4.20. The molecule has 2 rings (SSSR count). The zero-order valence-corrected chi connectivity index (χ0v) is 9.49. The number of aliphatic hydroxyl groups excluding tert-OH is 1. The number of aromatic nitrogens is 2. The minimum absolute atomic E-state index is 0.0265. The van der Waals surface area contributed by atoms with E-state index in [1.54, 1.807) is 4.90 Å². The molecule has 88 valence electrons. The van der Waals surface area contributed by atoms with Gasteiger partial charge in [0, 0.05) is 12.6 Å². The molecule has 0 radical (unpaired) electrons. The fourth-order valence-electron chi connectivity index (χ4n) is 1.81. The molecule has 16 heavy (non-hydrogen) atoms. The first-order valence-electron chi connectivity index (χ1n) is 5.28. The van der Waals surface area contributed by atoms with E-state index in [2.05, 4.69) is 9.97 Å². The van der Waals surface area contributed by atoms with Crippen molar-refractivity contribution in [3.63, 3.8) is 0 Å². The Bertz CT molecular complexity index is 373. The topological polar surface area (TPSA) is 49.2 Å². The molecule has 0 spiro atoms. The summed E-state index contributed by atoms with van der Waals surface area (Å²) >= 11 is 5.65. The molecule has 1 aliphatic rings. The van der Waals surface area contributed by atoms with Gasteiger partial charge in [0.05, 0.1) is 12.8 Å². The van der Waals surface area contributed by atoms with Crippen molar-refractivity contribution in [3.05, 3.63) is 17.3 Å². The van der Waals surface area contributed by atoms with E-state index in [1.165, 1.54) is 0 Å². The van der Waals surface area contributed by atoms with Gasteiger partial charge >= 0.3 is 0 Å². The van der Waals surface area contributed by atoms with Crippen molar-refractivity contribution >= 4 is 17.4 Å². The molecule has 0 unspecified atom stereocenters. The largest absolute Gasteiger partial charge is 0.395 e. The highest BCUT2D eigenvalue weighted by Gasteiger charge is 2.27. The SMILES string of the molecule is OCCN(c1nc(Cl)ncc1F)C1CCC1. The standard InChI is InChI=1S/C10H13ClFN3O/c11-10-13-6-8(12)9(14-10)15(4-5-16)7-2-1-3-7/h6-7,16H,1-5H2. The zero-order chi connectivity index (χ0) is 11.5. The maximum Gasteiger partial charge on any atom is 0.224 e. The van der Waals surface area contributed by atoms with E-state index in [-0.39, 0.29) is 23.8 Å². The van der Waals surface area contributed by atoms with Crippen molar-refractivity contribution in [2.24, 2.45) is 0 Å². The number of hydrogen-bond donors (Lipinski definition) is 1. The van der Waals surface area contributed by atoms with Crippen LogP contribution in [0.25, 0.3) is 0 Å². The Morgan fingerprint density at radius 2 is 2.31 bits per heavy atom. The van der Waals surface area contributed by atoms with Gasteiger partial charge in [0.25, 0.3) is 0 Å². The Morgan fingerprint density at radius 1 is 1.56 bits per heavy atom. The average Bonchev–Trinajstić information content (AvgIpc) is 2.18. The van der Waals surface area contributed by atoms with Crippen LogP contribution in [0.5, 0.6) is 0 Å². The van der Waals surface area contributed by atoms with E-state index >= 15 is 0 Å². The first-order valence-corrected chi connectivity index (χ1v) is 5.65. The fourth-order valence-corrected chi connectivity index (χ4v) is 1.94. The lowest BCUT2D eigenvalue weighted by Gasteiger charge is -2.38. The van der Waals surface area contributed by atoms with Crippen molar-refractivity contribution in [1.29, 1.82) is 0 Å². The first kappa shape index (κ1) is 11.5. The van der Waals surface area contributed by atoms with Gasteiger partial charge in [-0.1, -0.05) is 0 Å².